The Morgan fingerprint density at radius 3 is 3.06 bits per heavy atom. The van der Waals surface area contributed by atoms with Gasteiger partial charge in [0.2, 0.25) is 5.91 Å². The molecule has 1 aromatic rings. The molecular formula is C11H16N4OS. The summed E-state index contributed by atoms with van der Waals surface area (Å²) >= 11 is 1.46. The van der Waals surface area contributed by atoms with Crippen molar-refractivity contribution < 1.29 is 4.79 Å². The Morgan fingerprint density at radius 1 is 1.71 bits per heavy atom. The lowest BCUT2D eigenvalue weighted by Crippen LogP contribution is -2.44. The summed E-state index contributed by atoms with van der Waals surface area (Å²) in [6.45, 7) is 1.92. The van der Waals surface area contributed by atoms with Crippen molar-refractivity contribution in [3.63, 3.8) is 0 Å². The van der Waals surface area contributed by atoms with E-state index in [1.807, 2.05) is 13.0 Å². The van der Waals surface area contributed by atoms with Gasteiger partial charge in [-0.1, -0.05) is 11.8 Å². The van der Waals surface area contributed by atoms with Gasteiger partial charge in [0.05, 0.1) is 6.04 Å². The highest BCUT2D eigenvalue weighted by Crippen LogP contribution is 2.21. The van der Waals surface area contributed by atoms with Gasteiger partial charge in [-0.25, -0.2) is 9.97 Å². The van der Waals surface area contributed by atoms with Gasteiger partial charge in [-0.05, 0) is 25.8 Å². The molecule has 1 amide bonds. The molecule has 5 nitrogen and oxygen atoms in total. The Morgan fingerprint density at radius 2 is 2.47 bits per heavy atom. The minimum Gasteiger partial charge on any atom is -0.368 e. The molecule has 0 saturated heterocycles. The largest absolute Gasteiger partial charge is 0.368 e. The van der Waals surface area contributed by atoms with Crippen LogP contribution in [0.3, 0.4) is 0 Å². The van der Waals surface area contributed by atoms with E-state index in [2.05, 4.69) is 15.3 Å². The van der Waals surface area contributed by atoms with Crippen LogP contribution >= 0.6 is 11.8 Å². The van der Waals surface area contributed by atoms with E-state index in [4.69, 9.17) is 5.73 Å². The van der Waals surface area contributed by atoms with Crippen molar-refractivity contribution in [2.75, 3.05) is 5.75 Å². The third kappa shape index (κ3) is 3.98. The molecule has 3 N–H and O–H groups in total. The number of nitrogens with one attached hydrogen (secondary N) is 1. The molecule has 2 rings (SSSR count). The summed E-state index contributed by atoms with van der Waals surface area (Å²) in [5, 5.41) is 3.91. The van der Waals surface area contributed by atoms with Crippen LogP contribution in [0.1, 0.15) is 18.5 Å². The van der Waals surface area contributed by atoms with Crippen LogP contribution in [0.4, 0.5) is 0 Å². The quantitative estimate of drug-likeness (QED) is 0.568. The van der Waals surface area contributed by atoms with Gasteiger partial charge in [0.15, 0.2) is 5.16 Å². The monoisotopic (exact) mass is 252 g/mol. The topological polar surface area (TPSA) is 80.9 Å². The first kappa shape index (κ1) is 12.3. The van der Waals surface area contributed by atoms with Crippen LogP contribution in [0, 0.1) is 6.92 Å². The number of carbonyl (C=O) groups is 1. The molecule has 1 heterocycles. The second-order valence-electron chi connectivity index (χ2n) is 4.19. The summed E-state index contributed by atoms with van der Waals surface area (Å²) in [5.41, 5.74) is 6.28. The van der Waals surface area contributed by atoms with Gasteiger partial charge < -0.3 is 11.1 Å². The fraction of sp³-hybridized carbons (Fsp3) is 0.545. The summed E-state index contributed by atoms with van der Waals surface area (Å²) in [7, 11) is 0. The molecule has 0 bridgehead atoms. The molecule has 0 aromatic carbocycles. The van der Waals surface area contributed by atoms with Crippen molar-refractivity contribution in [2.45, 2.75) is 37.0 Å². The fourth-order valence-electron chi connectivity index (χ4n) is 1.40. The van der Waals surface area contributed by atoms with Crippen LogP contribution in [0.15, 0.2) is 17.4 Å². The summed E-state index contributed by atoms with van der Waals surface area (Å²) in [6, 6.07) is 2.01. The Hall–Kier alpha value is -1.14. The summed E-state index contributed by atoms with van der Waals surface area (Å²) in [4.78, 5) is 19.7. The van der Waals surface area contributed by atoms with Crippen molar-refractivity contribution in [1.29, 1.82) is 0 Å². The average molecular weight is 252 g/mol. The van der Waals surface area contributed by atoms with Crippen molar-refractivity contribution in [2.24, 2.45) is 5.73 Å². The number of amides is 1. The Labute approximate surface area is 105 Å². The first-order valence-electron chi connectivity index (χ1n) is 5.63. The number of nitrogens with zero attached hydrogens (tertiary/aromatic N) is 2. The van der Waals surface area contributed by atoms with Gasteiger partial charge in [-0.15, -0.1) is 0 Å². The lowest BCUT2D eigenvalue weighted by Gasteiger charge is -2.13. The number of thioether (sulfide) groups is 1. The predicted octanol–water partition coefficient (Wildman–Crippen LogP) is 0.483. The van der Waals surface area contributed by atoms with E-state index in [1.54, 1.807) is 6.20 Å². The first-order valence-corrected chi connectivity index (χ1v) is 6.61. The van der Waals surface area contributed by atoms with Crippen LogP contribution < -0.4 is 11.1 Å². The summed E-state index contributed by atoms with van der Waals surface area (Å²) in [5.74, 6) is 0.270. The number of carbonyl (C=O) groups excluding carboxylic acids is 1. The highest BCUT2D eigenvalue weighted by Gasteiger charge is 2.27. The van der Waals surface area contributed by atoms with Crippen molar-refractivity contribution >= 4 is 17.7 Å². The number of aryl methyl sites for hydroxylation is 1. The molecule has 1 fully saturated rings. The van der Waals surface area contributed by atoms with Gasteiger partial charge in [0.1, 0.15) is 0 Å². The Balaban J connectivity index is 1.87. The normalized spacial score (nSPS) is 16.8. The van der Waals surface area contributed by atoms with Crippen LogP contribution in [0.25, 0.3) is 0 Å². The molecule has 0 aliphatic heterocycles. The van der Waals surface area contributed by atoms with Crippen LogP contribution in [-0.4, -0.2) is 33.7 Å². The molecule has 17 heavy (non-hydrogen) atoms. The molecule has 0 radical (unpaired) electrons. The van der Waals surface area contributed by atoms with Gasteiger partial charge in [-0.3, -0.25) is 4.79 Å². The van der Waals surface area contributed by atoms with E-state index in [0.29, 0.717) is 17.0 Å². The number of rotatable bonds is 6. The second-order valence-corrected chi connectivity index (χ2v) is 5.17. The first-order chi connectivity index (χ1) is 8.15. The Bertz CT molecular complexity index is 408. The number of primary amides is 1. The van der Waals surface area contributed by atoms with Crippen molar-refractivity contribution in [1.82, 2.24) is 15.3 Å². The van der Waals surface area contributed by atoms with E-state index in [9.17, 15) is 4.79 Å². The molecule has 0 spiro atoms. The maximum atomic E-state index is 11.3. The maximum Gasteiger partial charge on any atom is 0.235 e. The number of hydrogen-bond acceptors (Lipinski definition) is 5. The van der Waals surface area contributed by atoms with E-state index in [1.165, 1.54) is 11.8 Å². The lowest BCUT2D eigenvalue weighted by molar-refractivity contribution is -0.119. The van der Waals surface area contributed by atoms with E-state index < -0.39 is 0 Å². The second kappa shape index (κ2) is 5.46. The molecule has 1 aromatic heterocycles. The van der Waals surface area contributed by atoms with Gasteiger partial charge in [-0.2, -0.15) is 0 Å². The molecule has 1 unspecified atom stereocenters. The van der Waals surface area contributed by atoms with E-state index >= 15 is 0 Å². The predicted molar refractivity (Wildman–Crippen MR) is 66.6 cm³/mol. The molecule has 6 heteroatoms. The van der Waals surface area contributed by atoms with Crippen LogP contribution in [0.2, 0.25) is 0 Å². The Kier molecular flexibility index (Phi) is 3.96. The highest BCUT2D eigenvalue weighted by atomic mass is 32.2. The molecular weight excluding hydrogens is 236 g/mol. The minimum absolute atomic E-state index is 0.295. The highest BCUT2D eigenvalue weighted by molar-refractivity contribution is 7.99. The minimum atomic E-state index is -0.308. The van der Waals surface area contributed by atoms with Crippen LogP contribution in [0.5, 0.6) is 0 Å². The number of aromatic nitrogens is 2. The molecule has 92 valence electrons. The van der Waals surface area contributed by atoms with Gasteiger partial charge in [0, 0.05) is 23.7 Å². The van der Waals surface area contributed by atoms with Crippen LogP contribution in [-0.2, 0) is 4.79 Å². The number of nitrogens with two attached hydrogens (primary N) is 1. The molecule has 1 saturated carbocycles. The SMILES string of the molecule is Cc1ccnc(SCC(NC2CC2)C(N)=O)n1. The standard InChI is InChI=1S/C11H16N4OS/c1-7-4-5-13-11(14-7)17-6-9(10(12)16)15-8-2-3-8/h4-5,8-9,15H,2-3,6H2,1H3,(H2,12,16). The van der Waals surface area contributed by atoms with Gasteiger partial charge >= 0.3 is 0 Å². The third-order valence-electron chi connectivity index (χ3n) is 2.51. The van der Waals surface area contributed by atoms with E-state index in [-0.39, 0.29) is 11.9 Å². The maximum absolute atomic E-state index is 11.3. The zero-order valence-electron chi connectivity index (χ0n) is 9.72. The fourth-order valence-corrected chi connectivity index (χ4v) is 2.32. The lowest BCUT2D eigenvalue weighted by atomic mass is 10.3. The van der Waals surface area contributed by atoms with Crippen molar-refractivity contribution in [3.8, 4) is 0 Å². The third-order valence-corrected chi connectivity index (χ3v) is 3.46. The molecule has 1 aliphatic carbocycles. The zero-order valence-corrected chi connectivity index (χ0v) is 10.5. The molecule has 1 aliphatic rings. The molecule has 1 atom stereocenters. The average Bonchev–Trinajstić information content (AvgIpc) is 3.07. The van der Waals surface area contributed by atoms with E-state index in [0.717, 1.165) is 18.5 Å². The van der Waals surface area contributed by atoms with Crippen molar-refractivity contribution in [3.05, 3.63) is 18.0 Å². The van der Waals surface area contributed by atoms with Gasteiger partial charge in [0.25, 0.3) is 0 Å². The summed E-state index contributed by atoms with van der Waals surface area (Å²) < 4.78 is 0. The summed E-state index contributed by atoms with van der Waals surface area (Å²) in [6.07, 6.45) is 3.99. The smallest absolute Gasteiger partial charge is 0.235 e. The number of hydrogen-bond donors (Lipinski definition) is 2. The zero-order chi connectivity index (χ0) is 12.3.